The maximum atomic E-state index is 5.18. The normalized spacial score (nSPS) is 16.0. The Hall–Kier alpha value is -2.40. The standard InChI is InChI=1S/C17H18N4O/c1-2-16-15(9-12(1)13-5-8-22-10-13)17(20-11-19-16)21-14-3-6-18-7-4-14/h1-2,5,8-11,14,18H,3-4,6-7H2,(H,19,20,21). The number of piperidine rings is 1. The highest BCUT2D eigenvalue weighted by Crippen LogP contribution is 2.27. The van der Waals surface area contributed by atoms with Gasteiger partial charge in [-0.3, -0.25) is 0 Å². The van der Waals surface area contributed by atoms with E-state index in [1.54, 1.807) is 18.9 Å². The first-order valence-corrected chi connectivity index (χ1v) is 7.65. The summed E-state index contributed by atoms with van der Waals surface area (Å²) in [6.45, 7) is 2.11. The number of nitrogens with zero attached hydrogens (tertiary/aromatic N) is 2. The first kappa shape index (κ1) is 13.3. The molecular formula is C17H18N4O. The van der Waals surface area contributed by atoms with Gasteiger partial charge in [0.05, 0.1) is 18.0 Å². The van der Waals surface area contributed by atoms with Crippen molar-refractivity contribution in [2.75, 3.05) is 18.4 Å². The maximum absolute atomic E-state index is 5.18. The van der Waals surface area contributed by atoms with Gasteiger partial charge >= 0.3 is 0 Å². The summed E-state index contributed by atoms with van der Waals surface area (Å²) in [5.74, 6) is 0.919. The van der Waals surface area contributed by atoms with Gasteiger partial charge in [0.1, 0.15) is 12.1 Å². The zero-order chi connectivity index (χ0) is 14.8. The summed E-state index contributed by atoms with van der Waals surface area (Å²) in [7, 11) is 0. The zero-order valence-electron chi connectivity index (χ0n) is 12.2. The van der Waals surface area contributed by atoms with Crippen LogP contribution < -0.4 is 10.6 Å². The Kier molecular flexibility index (Phi) is 3.48. The Morgan fingerprint density at radius 2 is 2.00 bits per heavy atom. The van der Waals surface area contributed by atoms with Crippen LogP contribution in [0.4, 0.5) is 5.82 Å². The molecule has 0 amide bonds. The van der Waals surface area contributed by atoms with Crippen LogP contribution >= 0.6 is 0 Å². The van der Waals surface area contributed by atoms with Crippen molar-refractivity contribution in [3.05, 3.63) is 43.1 Å². The van der Waals surface area contributed by atoms with Gasteiger partial charge in [-0.2, -0.15) is 0 Å². The fourth-order valence-electron chi connectivity index (χ4n) is 2.94. The van der Waals surface area contributed by atoms with E-state index >= 15 is 0 Å². The average Bonchev–Trinajstić information content (AvgIpc) is 3.10. The molecule has 1 aromatic carbocycles. The van der Waals surface area contributed by atoms with Crippen molar-refractivity contribution >= 4 is 16.7 Å². The number of fused-ring (bicyclic) bond motifs is 1. The molecule has 0 aliphatic carbocycles. The second-order valence-corrected chi connectivity index (χ2v) is 5.63. The van der Waals surface area contributed by atoms with Crippen LogP contribution in [0.15, 0.2) is 47.5 Å². The molecule has 0 radical (unpaired) electrons. The second-order valence-electron chi connectivity index (χ2n) is 5.63. The van der Waals surface area contributed by atoms with Gasteiger partial charge in [0.2, 0.25) is 0 Å². The molecular weight excluding hydrogens is 276 g/mol. The van der Waals surface area contributed by atoms with Crippen molar-refractivity contribution < 1.29 is 4.42 Å². The molecule has 1 aliphatic heterocycles. The Morgan fingerprint density at radius 1 is 1.09 bits per heavy atom. The molecule has 0 bridgehead atoms. The van der Waals surface area contributed by atoms with Crippen LogP contribution in [0.1, 0.15) is 12.8 Å². The van der Waals surface area contributed by atoms with Gasteiger partial charge in [-0.15, -0.1) is 0 Å². The van der Waals surface area contributed by atoms with Crippen molar-refractivity contribution in [2.24, 2.45) is 0 Å². The molecule has 1 saturated heterocycles. The fraction of sp³-hybridized carbons (Fsp3) is 0.294. The predicted octanol–water partition coefficient (Wildman–Crippen LogP) is 3.05. The van der Waals surface area contributed by atoms with Crippen molar-refractivity contribution in [1.82, 2.24) is 15.3 Å². The molecule has 0 spiro atoms. The molecule has 3 aromatic rings. The summed E-state index contributed by atoms with van der Waals surface area (Å²) in [6, 6.07) is 8.66. The molecule has 22 heavy (non-hydrogen) atoms. The van der Waals surface area contributed by atoms with E-state index in [9.17, 15) is 0 Å². The van der Waals surface area contributed by atoms with Crippen molar-refractivity contribution in [1.29, 1.82) is 0 Å². The monoisotopic (exact) mass is 294 g/mol. The lowest BCUT2D eigenvalue weighted by Crippen LogP contribution is -2.35. The van der Waals surface area contributed by atoms with Crippen LogP contribution in [0.5, 0.6) is 0 Å². The maximum Gasteiger partial charge on any atom is 0.137 e. The second kappa shape index (κ2) is 5.77. The van der Waals surface area contributed by atoms with E-state index in [-0.39, 0.29) is 0 Å². The minimum absolute atomic E-state index is 0.469. The number of anilines is 1. The first-order chi connectivity index (χ1) is 10.9. The molecule has 1 fully saturated rings. The minimum Gasteiger partial charge on any atom is -0.472 e. The molecule has 3 heterocycles. The van der Waals surface area contributed by atoms with Crippen molar-refractivity contribution in [2.45, 2.75) is 18.9 Å². The zero-order valence-corrected chi connectivity index (χ0v) is 12.2. The van der Waals surface area contributed by atoms with E-state index in [1.165, 1.54) is 0 Å². The molecule has 0 atom stereocenters. The molecule has 0 saturated carbocycles. The Labute approximate surface area is 128 Å². The quantitative estimate of drug-likeness (QED) is 0.777. The SMILES string of the molecule is c1nc(NC2CCNCC2)c2cc(-c3ccoc3)ccc2n1. The van der Waals surface area contributed by atoms with E-state index < -0.39 is 0 Å². The van der Waals surface area contributed by atoms with E-state index in [0.717, 1.165) is 53.8 Å². The summed E-state index contributed by atoms with van der Waals surface area (Å²) < 4.78 is 5.18. The van der Waals surface area contributed by atoms with Crippen LogP contribution in [0.25, 0.3) is 22.0 Å². The fourth-order valence-corrected chi connectivity index (χ4v) is 2.94. The van der Waals surface area contributed by atoms with Crippen molar-refractivity contribution in [3.8, 4) is 11.1 Å². The summed E-state index contributed by atoms with van der Waals surface area (Å²) in [5.41, 5.74) is 3.14. The lowest BCUT2D eigenvalue weighted by molar-refractivity contribution is 0.478. The number of rotatable bonds is 3. The molecule has 5 nitrogen and oxygen atoms in total. The predicted molar refractivity (Wildman–Crippen MR) is 86.8 cm³/mol. The van der Waals surface area contributed by atoms with Gasteiger partial charge in [-0.1, -0.05) is 6.07 Å². The Bertz CT molecular complexity index is 763. The molecule has 1 aliphatic rings. The van der Waals surface area contributed by atoms with E-state index in [2.05, 4.69) is 32.7 Å². The Balaban J connectivity index is 1.72. The largest absolute Gasteiger partial charge is 0.472 e. The highest BCUT2D eigenvalue weighted by atomic mass is 16.3. The third-order valence-electron chi connectivity index (χ3n) is 4.17. The number of furan rings is 1. The van der Waals surface area contributed by atoms with Crippen LogP contribution in [0.2, 0.25) is 0 Å². The molecule has 2 N–H and O–H groups in total. The van der Waals surface area contributed by atoms with E-state index in [0.29, 0.717) is 6.04 Å². The summed E-state index contributed by atoms with van der Waals surface area (Å²) in [5, 5.41) is 8.02. The van der Waals surface area contributed by atoms with Gasteiger partial charge in [0, 0.05) is 17.0 Å². The van der Waals surface area contributed by atoms with Gasteiger partial charge in [-0.25, -0.2) is 9.97 Å². The highest BCUT2D eigenvalue weighted by Gasteiger charge is 2.15. The lowest BCUT2D eigenvalue weighted by atomic mass is 10.0. The highest BCUT2D eigenvalue weighted by molar-refractivity contribution is 5.92. The van der Waals surface area contributed by atoms with Gasteiger partial charge < -0.3 is 15.1 Å². The average molecular weight is 294 g/mol. The first-order valence-electron chi connectivity index (χ1n) is 7.65. The van der Waals surface area contributed by atoms with Gasteiger partial charge in [-0.05, 0) is 49.7 Å². The number of hydrogen-bond acceptors (Lipinski definition) is 5. The molecule has 2 aromatic heterocycles. The third-order valence-corrected chi connectivity index (χ3v) is 4.17. The van der Waals surface area contributed by atoms with Gasteiger partial charge in [0.25, 0.3) is 0 Å². The van der Waals surface area contributed by atoms with E-state index in [4.69, 9.17) is 4.42 Å². The molecule has 112 valence electrons. The number of aromatic nitrogens is 2. The number of benzene rings is 1. The molecule has 4 rings (SSSR count). The van der Waals surface area contributed by atoms with Crippen LogP contribution in [0, 0.1) is 0 Å². The van der Waals surface area contributed by atoms with Crippen LogP contribution in [0.3, 0.4) is 0 Å². The number of hydrogen-bond donors (Lipinski definition) is 2. The van der Waals surface area contributed by atoms with Crippen LogP contribution in [-0.4, -0.2) is 29.1 Å². The molecule has 5 heteroatoms. The Morgan fingerprint density at radius 3 is 2.82 bits per heavy atom. The smallest absolute Gasteiger partial charge is 0.137 e. The van der Waals surface area contributed by atoms with E-state index in [1.807, 2.05) is 12.1 Å². The summed E-state index contributed by atoms with van der Waals surface area (Å²) in [6.07, 6.45) is 7.31. The van der Waals surface area contributed by atoms with Crippen LogP contribution in [-0.2, 0) is 0 Å². The summed E-state index contributed by atoms with van der Waals surface area (Å²) >= 11 is 0. The third kappa shape index (κ3) is 2.55. The topological polar surface area (TPSA) is 63.0 Å². The minimum atomic E-state index is 0.469. The molecule has 0 unspecified atom stereocenters. The summed E-state index contributed by atoms with van der Waals surface area (Å²) in [4.78, 5) is 8.83. The van der Waals surface area contributed by atoms with Crippen molar-refractivity contribution in [3.63, 3.8) is 0 Å². The lowest BCUT2D eigenvalue weighted by Gasteiger charge is -2.24. The van der Waals surface area contributed by atoms with Gasteiger partial charge in [0.15, 0.2) is 0 Å². The number of nitrogens with one attached hydrogen (secondary N) is 2.